The number of nitrogens with zero attached hydrogens (tertiary/aromatic N) is 1. The molecule has 0 amide bonds. The second kappa shape index (κ2) is 6.38. The lowest BCUT2D eigenvalue weighted by molar-refractivity contribution is 0.314. The Morgan fingerprint density at radius 2 is 2.12 bits per heavy atom. The third kappa shape index (κ3) is 3.98. The van der Waals surface area contributed by atoms with Gasteiger partial charge in [-0.15, -0.1) is 0 Å². The molecule has 5 heteroatoms. The van der Waals surface area contributed by atoms with Crippen LogP contribution in [0.2, 0.25) is 5.02 Å². The number of halogens is 1. The molecule has 2 rings (SSSR count). The molecule has 1 aromatic carbocycles. The summed E-state index contributed by atoms with van der Waals surface area (Å²) >= 11 is 7.97. The van der Waals surface area contributed by atoms with Gasteiger partial charge in [0.2, 0.25) is 0 Å². The first-order chi connectivity index (χ1) is 8.25. The second-order valence-electron chi connectivity index (χ2n) is 4.11. The molecule has 0 saturated carbocycles. The summed E-state index contributed by atoms with van der Waals surface area (Å²) in [5, 5.41) is 4.06. The van der Waals surface area contributed by atoms with Gasteiger partial charge in [0.1, 0.15) is 0 Å². The number of hydrogen-bond donors (Lipinski definition) is 2. The van der Waals surface area contributed by atoms with Crippen molar-refractivity contribution < 1.29 is 0 Å². The molecular formula is C12H18ClN3S. The van der Waals surface area contributed by atoms with Crippen LogP contribution in [0.15, 0.2) is 18.2 Å². The maximum Gasteiger partial charge on any atom is 0.0589 e. The first-order valence-electron chi connectivity index (χ1n) is 5.85. The Hall–Kier alpha value is -0.580. The van der Waals surface area contributed by atoms with E-state index in [-0.39, 0.29) is 0 Å². The molecule has 1 aliphatic heterocycles. The van der Waals surface area contributed by atoms with Gasteiger partial charge in [-0.25, -0.2) is 0 Å². The van der Waals surface area contributed by atoms with Crippen LogP contribution in [0.1, 0.15) is 0 Å². The Kier molecular flexibility index (Phi) is 4.83. The van der Waals surface area contributed by atoms with E-state index in [9.17, 15) is 0 Å². The fraction of sp³-hybridized carbons (Fsp3) is 0.500. The lowest BCUT2D eigenvalue weighted by Gasteiger charge is -2.26. The standard InChI is InChI=1S/C12H18ClN3S/c13-10-1-2-11(14)12(9-10)15-3-4-16-5-7-17-8-6-16/h1-2,9,15H,3-8,14H2. The molecular weight excluding hydrogens is 254 g/mol. The van der Waals surface area contributed by atoms with Crippen molar-refractivity contribution >= 4 is 34.7 Å². The monoisotopic (exact) mass is 271 g/mol. The van der Waals surface area contributed by atoms with E-state index in [1.54, 1.807) is 0 Å². The highest BCUT2D eigenvalue weighted by atomic mass is 35.5. The molecule has 1 aromatic rings. The number of benzene rings is 1. The smallest absolute Gasteiger partial charge is 0.0589 e. The lowest BCUT2D eigenvalue weighted by atomic mass is 10.2. The van der Waals surface area contributed by atoms with Crippen LogP contribution in [0, 0.1) is 0 Å². The van der Waals surface area contributed by atoms with Gasteiger partial charge in [-0.1, -0.05) is 11.6 Å². The molecule has 0 aromatic heterocycles. The van der Waals surface area contributed by atoms with Gasteiger partial charge in [0, 0.05) is 42.7 Å². The minimum atomic E-state index is 0.719. The van der Waals surface area contributed by atoms with E-state index in [2.05, 4.69) is 10.2 Å². The molecule has 94 valence electrons. The number of nitrogen functional groups attached to an aromatic ring is 1. The number of hydrogen-bond acceptors (Lipinski definition) is 4. The van der Waals surface area contributed by atoms with Crippen LogP contribution in [-0.4, -0.2) is 42.6 Å². The average molecular weight is 272 g/mol. The summed E-state index contributed by atoms with van der Waals surface area (Å²) < 4.78 is 0. The van der Waals surface area contributed by atoms with Crippen molar-refractivity contribution in [3.05, 3.63) is 23.2 Å². The lowest BCUT2D eigenvalue weighted by Crippen LogP contribution is -2.36. The molecule has 3 nitrogen and oxygen atoms in total. The maximum absolute atomic E-state index is 5.94. The fourth-order valence-electron chi connectivity index (χ4n) is 1.86. The molecule has 1 saturated heterocycles. The summed E-state index contributed by atoms with van der Waals surface area (Å²) in [5.41, 5.74) is 7.56. The summed E-state index contributed by atoms with van der Waals surface area (Å²) in [6.45, 7) is 4.36. The van der Waals surface area contributed by atoms with Gasteiger partial charge in [0.25, 0.3) is 0 Å². The SMILES string of the molecule is Nc1ccc(Cl)cc1NCCN1CCSCC1. The van der Waals surface area contributed by atoms with E-state index >= 15 is 0 Å². The zero-order valence-electron chi connectivity index (χ0n) is 9.79. The van der Waals surface area contributed by atoms with Crippen LogP contribution in [0.4, 0.5) is 11.4 Å². The van der Waals surface area contributed by atoms with E-state index in [4.69, 9.17) is 17.3 Å². The Balaban J connectivity index is 1.79. The summed E-state index contributed by atoms with van der Waals surface area (Å²) in [6, 6.07) is 5.52. The number of rotatable bonds is 4. The molecule has 3 N–H and O–H groups in total. The van der Waals surface area contributed by atoms with E-state index in [1.165, 1.54) is 24.6 Å². The highest BCUT2D eigenvalue weighted by Crippen LogP contribution is 2.22. The molecule has 17 heavy (non-hydrogen) atoms. The summed E-state index contributed by atoms with van der Waals surface area (Å²) in [4.78, 5) is 2.48. The predicted molar refractivity (Wildman–Crippen MR) is 78.1 cm³/mol. The fourth-order valence-corrected chi connectivity index (χ4v) is 3.01. The van der Waals surface area contributed by atoms with E-state index < -0.39 is 0 Å². The van der Waals surface area contributed by atoms with Crippen molar-refractivity contribution in [1.82, 2.24) is 4.90 Å². The maximum atomic E-state index is 5.94. The van der Waals surface area contributed by atoms with Gasteiger partial charge >= 0.3 is 0 Å². The highest BCUT2D eigenvalue weighted by molar-refractivity contribution is 7.99. The zero-order chi connectivity index (χ0) is 12.1. The normalized spacial score (nSPS) is 17.0. The summed E-state index contributed by atoms with van der Waals surface area (Å²) in [5.74, 6) is 2.50. The van der Waals surface area contributed by atoms with Crippen molar-refractivity contribution in [3.8, 4) is 0 Å². The molecule has 0 aliphatic carbocycles. The molecule has 1 aliphatic rings. The largest absolute Gasteiger partial charge is 0.397 e. The van der Waals surface area contributed by atoms with Crippen LogP contribution in [0.5, 0.6) is 0 Å². The Morgan fingerprint density at radius 1 is 1.35 bits per heavy atom. The number of thioether (sulfide) groups is 1. The molecule has 0 atom stereocenters. The van der Waals surface area contributed by atoms with Gasteiger partial charge in [0.15, 0.2) is 0 Å². The Morgan fingerprint density at radius 3 is 2.88 bits per heavy atom. The summed E-state index contributed by atoms with van der Waals surface area (Å²) in [7, 11) is 0. The Bertz CT molecular complexity index is 367. The second-order valence-corrected chi connectivity index (χ2v) is 5.77. The van der Waals surface area contributed by atoms with Gasteiger partial charge in [-0.05, 0) is 18.2 Å². The van der Waals surface area contributed by atoms with Crippen molar-refractivity contribution in [2.24, 2.45) is 0 Å². The molecule has 0 spiro atoms. The minimum absolute atomic E-state index is 0.719. The van der Waals surface area contributed by atoms with E-state index in [0.29, 0.717) is 0 Å². The third-order valence-electron chi connectivity index (χ3n) is 2.86. The van der Waals surface area contributed by atoms with Crippen molar-refractivity contribution in [2.45, 2.75) is 0 Å². The first-order valence-corrected chi connectivity index (χ1v) is 7.38. The highest BCUT2D eigenvalue weighted by Gasteiger charge is 2.09. The predicted octanol–water partition coefficient (Wildman–Crippen LogP) is 2.38. The van der Waals surface area contributed by atoms with Gasteiger partial charge in [-0.3, -0.25) is 4.90 Å². The van der Waals surface area contributed by atoms with Gasteiger partial charge in [-0.2, -0.15) is 11.8 Å². The number of anilines is 2. The number of nitrogens with two attached hydrogens (primary N) is 1. The molecule has 0 radical (unpaired) electrons. The van der Waals surface area contributed by atoms with Crippen LogP contribution in [0.3, 0.4) is 0 Å². The van der Waals surface area contributed by atoms with Crippen LogP contribution in [0.25, 0.3) is 0 Å². The van der Waals surface area contributed by atoms with Crippen LogP contribution >= 0.6 is 23.4 Å². The van der Waals surface area contributed by atoms with Crippen LogP contribution in [-0.2, 0) is 0 Å². The van der Waals surface area contributed by atoms with E-state index in [1.807, 2.05) is 30.0 Å². The van der Waals surface area contributed by atoms with Gasteiger partial charge in [0.05, 0.1) is 11.4 Å². The topological polar surface area (TPSA) is 41.3 Å². The number of nitrogens with one attached hydrogen (secondary N) is 1. The summed E-state index contributed by atoms with van der Waals surface area (Å²) in [6.07, 6.45) is 0. The van der Waals surface area contributed by atoms with Crippen LogP contribution < -0.4 is 11.1 Å². The third-order valence-corrected chi connectivity index (χ3v) is 4.04. The molecule has 1 fully saturated rings. The van der Waals surface area contributed by atoms with Crippen molar-refractivity contribution in [2.75, 3.05) is 48.7 Å². The molecule has 1 heterocycles. The van der Waals surface area contributed by atoms with Crippen molar-refractivity contribution in [1.29, 1.82) is 0 Å². The van der Waals surface area contributed by atoms with Gasteiger partial charge < -0.3 is 11.1 Å². The molecule has 0 bridgehead atoms. The zero-order valence-corrected chi connectivity index (χ0v) is 11.4. The minimum Gasteiger partial charge on any atom is -0.397 e. The average Bonchev–Trinajstić information content (AvgIpc) is 2.35. The van der Waals surface area contributed by atoms with E-state index in [0.717, 1.165) is 29.5 Å². The van der Waals surface area contributed by atoms with Crippen molar-refractivity contribution in [3.63, 3.8) is 0 Å². The Labute approximate surface area is 112 Å². The first kappa shape index (κ1) is 12.9. The molecule has 0 unspecified atom stereocenters. The quantitative estimate of drug-likeness (QED) is 0.825.